The Labute approximate surface area is 178 Å². The standard InChI is InChI=1S/C22H22F3N5O/c1-15-4-2-6-17(12-15)21(31)29-20-10-8-18(14-28-20)30(26)19(22(23,24)25)9-7-16-5-3-11-27-13-16/h2,4-6,8-10,12-14H,3,7,11,26H2,1H3,(H,28,29,31)/b19-9-. The molecule has 0 bridgehead atoms. The highest BCUT2D eigenvalue weighted by molar-refractivity contribution is 6.03. The summed E-state index contributed by atoms with van der Waals surface area (Å²) < 4.78 is 40.7. The first-order valence-corrected chi connectivity index (χ1v) is 9.59. The van der Waals surface area contributed by atoms with Crippen LogP contribution in [-0.2, 0) is 0 Å². The minimum absolute atomic E-state index is 0.0309. The van der Waals surface area contributed by atoms with E-state index < -0.39 is 11.9 Å². The molecule has 0 fully saturated rings. The molecule has 0 spiro atoms. The second-order valence-electron chi connectivity index (χ2n) is 6.99. The van der Waals surface area contributed by atoms with Gasteiger partial charge in [0.05, 0.1) is 11.9 Å². The summed E-state index contributed by atoms with van der Waals surface area (Å²) >= 11 is 0. The molecule has 2 heterocycles. The van der Waals surface area contributed by atoms with Crippen molar-refractivity contribution in [2.75, 3.05) is 16.9 Å². The molecule has 0 radical (unpaired) electrons. The number of aromatic nitrogens is 1. The molecular formula is C22H22F3N5O. The Bertz CT molecular complexity index is 1030. The summed E-state index contributed by atoms with van der Waals surface area (Å²) in [5, 5.41) is 3.15. The van der Waals surface area contributed by atoms with Gasteiger partial charge in [0.2, 0.25) is 0 Å². The maximum atomic E-state index is 13.6. The van der Waals surface area contributed by atoms with Gasteiger partial charge in [-0.15, -0.1) is 0 Å². The number of carbonyl (C=O) groups excluding carboxylic acids is 1. The van der Waals surface area contributed by atoms with Gasteiger partial charge in [-0.1, -0.05) is 23.8 Å². The van der Waals surface area contributed by atoms with Crippen molar-refractivity contribution in [3.8, 4) is 0 Å². The van der Waals surface area contributed by atoms with E-state index in [0.717, 1.165) is 11.6 Å². The minimum atomic E-state index is -4.65. The van der Waals surface area contributed by atoms with E-state index in [4.69, 9.17) is 5.84 Å². The molecule has 6 nitrogen and oxygen atoms in total. The number of amides is 1. The predicted molar refractivity (Wildman–Crippen MR) is 115 cm³/mol. The van der Waals surface area contributed by atoms with Crippen LogP contribution in [0.2, 0.25) is 0 Å². The quantitative estimate of drug-likeness (QED) is 0.521. The van der Waals surface area contributed by atoms with Gasteiger partial charge in [-0.05, 0) is 55.7 Å². The number of nitrogens with two attached hydrogens (primary N) is 1. The zero-order valence-corrected chi connectivity index (χ0v) is 16.9. The molecule has 162 valence electrons. The number of halogens is 3. The van der Waals surface area contributed by atoms with Crippen LogP contribution in [0.25, 0.3) is 0 Å². The van der Waals surface area contributed by atoms with Crippen molar-refractivity contribution in [3.63, 3.8) is 0 Å². The Balaban J connectivity index is 1.73. The summed E-state index contributed by atoms with van der Waals surface area (Å²) in [6, 6.07) is 9.76. The Morgan fingerprint density at radius 1 is 1.29 bits per heavy atom. The molecule has 0 saturated heterocycles. The fourth-order valence-corrected chi connectivity index (χ4v) is 2.98. The van der Waals surface area contributed by atoms with E-state index in [1.807, 2.05) is 19.1 Å². The smallest absolute Gasteiger partial charge is 0.307 e. The second kappa shape index (κ2) is 9.57. The number of rotatable bonds is 6. The number of benzene rings is 1. The van der Waals surface area contributed by atoms with E-state index in [1.54, 1.807) is 24.4 Å². The van der Waals surface area contributed by atoms with Gasteiger partial charge in [0.1, 0.15) is 11.5 Å². The number of aryl methyl sites for hydroxylation is 1. The van der Waals surface area contributed by atoms with Crippen LogP contribution in [-0.4, -0.2) is 29.8 Å². The average molecular weight is 429 g/mol. The zero-order chi connectivity index (χ0) is 22.4. The molecule has 0 atom stereocenters. The summed E-state index contributed by atoms with van der Waals surface area (Å²) in [4.78, 5) is 20.4. The highest BCUT2D eigenvalue weighted by atomic mass is 19.4. The number of hydrazine groups is 1. The maximum Gasteiger partial charge on any atom is 0.432 e. The third-order valence-electron chi connectivity index (χ3n) is 4.55. The molecule has 3 N–H and O–H groups in total. The Morgan fingerprint density at radius 3 is 2.71 bits per heavy atom. The highest BCUT2D eigenvalue weighted by Gasteiger charge is 2.37. The maximum absolute atomic E-state index is 13.6. The molecule has 2 aromatic rings. The molecule has 0 unspecified atom stereocenters. The first-order valence-electron chi connectivity index (χ1n) is 9.59. The van der Waals surface area contributed by atoms with Crippen LogP contribution in [0, 0.1) is 6.92 Å². The Hall–Kier alpha value is -3.46. The molecule has 31 heavy (non-hydrogen) atoms. The van der Waals surface area contributed by atoms with Crippen LogP contribution in [0.3, 0.4) is 0 Å². The lowest BCUT2D eigenvalue weighted by atomic mass is 10.1. The fourth-order valence-electron chi connectivity index (χ4n) is 2.98. The van der Waals surface area contributed by atoms with Crippen molar-refractivity contribution in [2.45, 2.75) is 25.9 Å². The lowest BCUT2D eigenvalue weighted by molar-refractivity contribution is -0.0936. The van der Waals surface area contributed by atoms with Gasteiger partial charge in [0, 0.05) is 18.3 Å². The van der Waals surface area contributed by atoms with Crippen molar-refractivity contribution in [1.82, 2.24) is 4.98 Å². The largest absolute Gasteiger partial charge is 0.432 e. The van der Waals surface area contributed by atoms with Crippen molar-refractivity contribution in [3.05, 3.63) is 77.1 Å². The lowest BCUT2D eigenvalue weighted by Gasteiger charge is -2.24. The summed E-state index contributed by atoms with van der Waals surface area (Å²) in [5.41, 5.74) is 1.11. The molecule has 3 rings (SSSR count). The van der Waals surface area contributed by atoms with Crippen LogP contribution in [0.1, 0.15) is 28.8 Å². The number of aliphatic imine (C=N–C) groups is 1. The number of anilines is 2. The number of hydrogen-bond donors (Lipinski definition) is 2. The lowest BCUT2D eigenvalue weighted by Crippen LogP contribution is -2.37. The van der Waals surface area contributed by atoms with Gasteiger partial charge in [0.15, 0.2) is 0 Å². The number of pyridine rings is 1. The van der Waals surface area contributed by atoms with Crippen molar-refractivity contribution in [2.24, 2.45) is 10.8 Å². The zero-order valence-electron chi connectivity index (χ0n) is 16.9. The van der Waals surface area contributed by atoms with Crippen molar-refractivity contribution >= 4 is 23.6 Å². The molecule has 1 aliphatic rings. The third kappa shape index (κ3) is 6.02. The van der Waals surface area contributed by atoms with Gasteiger partial charge < -0.3 is 5.32 Å². The number of hydrogen-bond acceptors (Lipinski definition) is 5. The van der Waals surface area contributed by atoms with Crippen LogP contribution < -0.4 is 16.2 Å². The Kier molecular flexibility index (Phi) is 6.86. The predicted octanol–water partition coefficient (Wildman–Crippen LogP) is 4.56. The van der Waals surface area contributed by atoms with Crippen molar-refractivity contribution < 1.29 is 18.0 Å². The van der Waals surface area contributed by atoms with E-state index >= 15 is 0 Å². The average Bonchev–Trinajstić information content (AvgIpc) is 2.74. The monoisotopic (exact) mass is 429 g/mol. The molecular weight excluding hydrogens is 407 g/mol. The third-order valence-corrected chi connectivity index (χ3v) is 4.55. The molecule has 1 aliphatic heterocycles. The Morgan fingerprint density at radius 2 is 2.10 bits per heavy atom. The van der Waals surface area contributed by atoms with Crippen molar-refractivity contribution in [1.29, 1.82) is 0 Å². The number of nitrogens with zero attached hydrogens (tertiary/aromatic N) is 3. The molecule has 1 aromatic carbocycles. The number of alkyl halides is 3. The number of allylic oxidation sites excluding steroid dienone is 3. The number of dihydropyridines is 1. The van der Waals surface area contributed by atoms with Crippen LogP contribution in [0.15, 0.2) is 71.0 Å². The number of carbonyl (C=O) groups is 1. The van der Waals surface area contributed by atoms with Gasteiger partial charge in [0.25, 0.3) is 5.91 Å². The first kappa shape index (κ1) is 22.2. The highest BCUT2D eigenvalue weighted by Crippen LogP contribution is 2.31. The van der Waals surface area contributed by atoms with E-state index in [0.29, 0.717) is 29.1 Å². The topological polar surface area (TPSA) is 83.6 Å². The SMILES string of the molecule is Cc1cccc(C(=O)Nc2ccc(N(N)/C(=C\CC3=CCCN=C3)C(F)(F)F)cn2)c1. The van der Waals surface area contributed by atoms with E-state index in [9.17, 15) is 18.0 Å². The summed E-state index contributed by atoms with van der Waals surface area (Å²) in [6.45, 7) is 2.50. The summed E-state index contributed by atoms with van der Waals surface area (Å²) in [6.07, 6.45) is 1.73. The second-order valence-corrected chi connectivity index (χ2v) is 6.99. The van der Waals surface area contributed by atoms with E-state index in [2.05, 4.69) is 15.3 Å². The van der Waals surface area contributed by atoms with E-state index in [-0.39, 0.29) is 23.8 Å². The molecule has 0 aliphatic carbocycles. The number of nitrogens with one attached hydrogen (secondary N) is 1. The molecule has 1 amide bonds. The first-order chi connectivity index (χ1) is 14.7. The molecule has 1 aromatic heterocycles. The normalized spacial score (nSPS) is 14.2. The van der Waals surface area contributed by atoms with Gasteiger partial charge >= 0.3 is 6.18 Å². The molecule has 9 heteroatoms. The van der Waals surface area contributed by atoms with Gasteiger partial charge in [-0.3, -0.25) is 14.8 Å². The molecule has 0 saturated carbocycles. The van der Waals surface area contributed by atoms with Crippen LogP contribution in [0.5, 0.6) is 0 Å². The summed E-state index contributed by atoms with van der Waals surface area (Å²) in [5.74, 6) is 5.59. The van der Waals surface area contributed by atoms with Gasteiger partial charge in [-0.25, -0.2) is 10.8 Å². The van der Waals surface area contributed by atoms with Crippen LogP contribution >= 0.6 is 0 Å². The van der Waals surface area contributed by atoms with Crippen LogP contribution in [0.4, 0.5) is 24.7 Å². The summed E-state index contributed by atoms with van der Waals surface area (Å²) in [7, 11) is 0. The van der Waals surface area contributed by atoms with Gasteiger partial charge in [-0.2, -0.15) is 13.2 Å². The van der Waals surface area contributed by atoms with E-state index in [1.165, 1.54) is 18.3 Å². The fraction of sp³-hybridized carbons (Fsp3) is 0.227. The minimum Gasteiger partial charge on any atom is -0.307 e.